The Bertz CT molecular complexity index is 647. The van der Waals surface area contributed by atoms with Gasteiger partial charge in [-0.1, -0.05) is 12.1 Å². The van der Waals surface area contributed by atoms with Crippen molar-refractivity contribution < 1.29 is 14.1 Å². The fourth-order valence-corrected chi connectivity index (χ4v) is 1.50. The van der Waals surface area contributed by atoms with Crippen molar-refractivity contribution in [3.05, 3.63) is 52.2 Å². The molecule has 0 fully saturated rings. The molecule has 7 heteroatoms. The summed E-state index contributed by atoms with van der Waals surface area (Å²) < 4.78 is 4.96. The van der Waals surface area contributed by atoms with Crippen molar-refractivity contribution in [2.75, 3.05) is 0 Å². The van der Waals surface area contributed by atoms with Gasteiger partial charge in [-0.2, -0.15) is 0 Å². The van der Waals surface area contributed by atoms with Gasteiger partial charge in [0.05, 0.1) is 10.5 Å². The van der Waals surface area contributed by atoms with Gasteiger partial charge in [0, 0.05) is 12.1 Å². The first kappa shape index (κ1) is 12.6. The van der Waals surface area contributed by atoms with Crippen LogP contribution in [0.4, 0.5) is 5.69 Å². The summed E-state index contributed by atoms with van der Waals surface area (Å²) in [6.45, 7) is 1.35. The van der Waals surface area contributed by atoms with Gasteiger partial charge in [0.2, 0.25) is 6.39 Å². The summed E-state index contributed by atoms with van der Waals surface area (Å²) in [5.74, 6) is -0.185. The molecule has 96 valence electrons. The minimum Gasteiger partial charge on any atom is -0.423 e. The van der Waals surface area contributed by atoms with Crippen LogP contribution < -0.4 is 0 Å². The number of benzene rings is 1. The minimum atomic E-state index is -0.503. The maximum atomic E-state index is 11.5. The molecular formula is C12H9N3O4. The first-order valence-corrected chi connectivity index (χ1v) is 5.31. The first-order chi connectivity index (χ1) is 9.08. The number of non-ortho nitro benzene ring substituents is 1. The molecule has 1 aromatic heterocycles. The van der Waals surface area contributed by atoms with Gasteiger partial charge >= 0.3 is 0 Å². The summed E-state index contributed by atoms with van der Waals surface area (Å²) in [7, 11) is 0. The zero-order valence-corrected chi connectivity index (χ0v) is 9.94. The van der Waals surface area contributed by atoms with Crippen molar-refractivity contribution in [3.63, 3.8) is 0 Å². The van der Waals surface area contributed by atoms with E-state index in [-0.39, 0.29) is 22.9 Å². The molecule has 0 N–H and O–H groups in total. The molecule has 0 amide bonds. The van der Waals surface area contributed by atoms with Crippen LogP contribution in [0.3, 0.4) is 0 Å². The number of ketones is 1. The summed E-state index contributed by atoms with van der Waals surface area (Å²) in [6, 6.07) is 5.92. The fraction of sp³-hybridized carbons (Fsp3) is 0.0833. The van der Waals surface area contributed by atoms with E-state index in [4.69, 9.17) is 4.42 Å². The van der Waals surface area contributed by atoms with Crippen molar-refractivity contribution >= 4 is 23.1 Å². The number of nitro groups is 1. The number of Topliss-reactive ketones (excluding diaryl/α,β-unsaturated/α-hetero) is 1. The summed E-state index contributed by atoms with van der Waals surface area (Å²) >= 11 is 0. The van der Waals surface area contributed by atoms with Gasteiger partial charge < -0.3 is 4.42 Å². The van der Waals surface area contributed by atoms with E-state index in [1.165, 1.54) is 31.2 Å². The van der Waals surface area contributed by atoms with Crippen molar-refractivity contribution in [2.24, 2.45) is 0 Å². The second-order valence-corrected chi connectivity index (χ2v) is 3.71. The molecule has 0 spiro atoms. The highest BCUT2D eigenvalue weighted by atomic mass is 16.6. The van der Waals surface area contributed by atoms with Gasteiger partial charge in [0.25, 0.3) is 11.6 Å². The smallest absolute Gasteiger partial charge is 0.270 e. The van der Waals surface area contributed by atoms with E-state index in [9.17, 15) is 14.9 Å². The summed E-state index contributed by atoms with van der Waals surface area (Å²) in [4.78, 5) is 21.7. The third-order valence-electron chi connectivity index (χ3n) is 2.36. The molecule has 19 heavy (non-hydrogen) atoms. The fourth-order valence-electron chi connectivity index (χ4n) is 1.50. The normalized spacial score (nSPS) is 11.3. The van der Waals surface area contributed by atoms with E-state index in [1.54, 1.807) is 6.07 Å². The average molecular weight is 259 g/mol. The largest absolute Gasteiger partial charge is 0.423 e. The number of carbonyl (C=O) groups is 1. The number of nitro benzene ring substituents is 1. The molecule has 2 rings (SSSR count). The molecular weight excluding hydrogens is 250 g/mol. The van der Waals surface area contributed by atoms with Gasteiger partial charge in [-0.15, -0.1) is 10.2 Å². The number of nitrogens with zero attached hydrogens (tertiary/aromatic N) is 3. The summed E-state index contributed by atoms with van der Waals surface area (Å²) in [5.41, 5.74) is 0.665. The molecule has 0 aliphatic heterocycles. The van der Waals surface area contributed by atoms with Crippen molar-refractivity contribution in [1.82, 2.24) is 10.2 Å². The molecule has 0 aliphatic carbocycles. The van der Waals surface area contributed by atoms with E-state index in [0.717, 1.165) is 6.39 Å². The lowest BCUT2D eigenvalue weighted by Crippen LogP contribution is -1.97. The van der Waals surface area contributed by atoms with Crippen LogP contribution in [-0.4, -0.2) is 20.9 Å². The Morgan fingerprint density at radius 2 is 2.26 bits per heavy atom. The van der Waals surface area contributed by atoms with Gasteiger partial charge in [-0.25, -0.2) is 0 Å². The van der Waals surface area contributed by atoms with Crippen LogP contribution in [0.1, 0.15) is 18.4 Å². The van der Waals surface area contributed by atoms with Crippen LogP contribution in [0.25, 0.3) is 11.6 Å². The highest BCUT2D eigenvalue weighted by Crippen LogP contribution is 2.20. The zero-order chi connectivity index (χ0) is 13.8. The first-order valence-electron chi connectivity index (χ1n) is 5.31. The lowest BCUT2D eigenvalue weighted by Gasteiger charge is -1.99. The van der Waals surface area contributed by atoms with Gasteiger partial charge in [-0.05, 0) is 18.6 Å². The van der Waals surface area contributed by atoms with Crippen LogP contribution in [0.2, 0.25) is 0 Å². The van der Waals surface area contributed by atoms with E-state index in [2.05, 4.69) is 10.2 Å². The van der Waals surface area contributed by atoms with E-state index in [0.29, 0.717) is 5.56 Å². The lowest BCUT2D eigenvalue weighted by molar-refractivity contribution is -0.384. The highest BCUT2D eigenvalue weighted by Gasteiger charge is 2.13. The summed E-state index contributed by atoms with van der Waals surface area (Å²) in [5, 5.41) is 17.8. The van der Waals surface area contributed by atoms with E-state index in [1.807, 2.05) is 0 Å². The molecule has 0 saturated carbocycles. The standard InChI is InChI=1S/C12H9N3O4/c1-8(16)11(12-14-13-7-19-12)6-9-3-2-4-10(5-9)15(17)18/h2-7H,1H3/b11-6-. The van der Waals surface area contributed by atoms with Gasteiger partial charge in [0.1, 0.15) is 0 Å². The quantitative estimate of drug-likeness (QED) is 0.473. The number of carbonyl (C=O) groups excluding carboxylic acids is 1. The van der Waals surface area contributed by atoms with Crippen LogP contribution in [0.15, 0.2) is 35.1 Å². The molecule has 0 atom stereocenters. The Labute approximate surface area is 107 Å². The third-order valence-corrected chi connectivity index (χ3v) is 2.36. The molecule has 0 radical (unpaired) electrons. The molecule has 1 heterocycles. The third kappa shape index (κ3) is 2.89. The Morgan fingerprint density at radius 3 is 2.84 bits per heavy atom. The Hall–Kier alpha value is -2.83. The molecule has 2 aromatic rings. The number of rotatable bonds is 4. The van der Waals surface area contributed by atoms with Crippen molar-refractivity contribution in [2.45, 2.75) is 6.92 Å². The van der Waals surface area contributed by atoms with Crippen LogP contribution in [-0.2, 0) is 4.79 Å². The average Bonchev–Trinajstić information content (AvgIpc) is 2.89. The second-order valence-electron chi connectivity index (χ2n) is 3.71. The van der Waals surface area contributed by atoms with E-state index >= 15 is 0 Å². The molecule has 1 aromatic carbocycles. The number of allylic oxidation sites excluding steroid dienone is 1. The lowest BCUT2D eigenvalue weighted by atomic mass is 10.1. The van der Waals surface area contributed by atoms with Crippen molar-refractivity contribution in [1.29, 1.82) is 0 Å². The maximum Gasteiger partial charge on any atom is 0.270 e. The number of hydrogen-bond donors (Lipinski definition) is 0. The molecule has 0 unspecified atom stereocenters. The predicted octanol–water partition coefficient (Wildman–Crippen LogP) is 2.11. The zero-order valence-electron chi connectivity index (χ0n) is 9.94. The number of aromatic nitrogens is 2. The summed E-state index contributed by atoms with van der Waals surface area (Å²) in [6.07, 6.45) is 2.59. The maximum absolute atomic E-state index is 11.5. The molecule has 0 bridgehead atoms. The van der Waals surface area contributed by atoms with Gasteiger partial charge in [0.15, 0.2) is 5.78 Å². The SMILES string of the molecule is CC(=O)/C(=C/c1cccc([N+](=O)[O-])c1)c1nnco1. The second kappa shape index (κ2) is 5.21. The predicted molar refractivity (Wildman–Crippen MR) is 65.9 cm³/mol. The number of hydrogen-bond acceptors (Lipinski definition) is 6. The Balaban J connectivity index is 2.45. The molecule has 7 nitrogen and oxygen atoms in total. The van der Waals surface area contributed by atoms with Crippen LogP contribution in [0.5, 0.6) is 0 Å². The molecule has 0 aliphatic rings. The minimum absolute atomic E-state index is 0.0535. The van der Waals surface area contributed by atoms with Crippen LogP contribution >= 0.6 is 0 Å². The van der Waals surface area contributed by atoms with Crippen LogP contribution in [0, 0.1) is 10.1 Å². The van der Waals surface area contributed by atoms with Crippen molar-refractivity contribution in [3.8, 4) is 0 Å². The highest BCUT2D eigenvalue weighted by molar-refractivity contribution is 6.22. The molecule has 0 saturated heterocycles. The Kier molecular flexibility index (Phi) is 3.46. The van der Waals surface area contributed by atoms with Gasteiger partial charge in [-0.3, -0.25) is 14.9 Å². The monoisotopic (exact) mass is 259 g/mol. The van der Waals surface area contributed by atoms with E-state index < -0.39 is 4.92 Å². The Morgan fingerprint density at radius 1 is 1.47 bits per heavy atom. The topological polar surface area (TPSA) is 99.1 Å².